The lowest BCUT2D eigenvalue weighted by Gasteiger charge is -2.13. The van der Waals surface area contributed by atoms with Gasteiger partial charge in [0.2, 0.25) is 0 Å². The molecule has 0 aromatic rings. The van der Waals surface area contributed by atoms with Crippen LogP contribution in [0, 0.1) is 5.41 Å². The predicted molar refractivity (Wildman–Crippen MR) is 46.1 cm³/mol. The third kappa shape index (κ3) is 1.34. The molecule has 2 N–H and O–H groups in total. The Hall–Kier alpha value is -0.610. The average molecular weight is 185 g/mol. The Morgan fingerprint density at radius 2 is 2.46 bits per heavy atom. The number of fused-ring (bicyclic) bond motifs is 1. The van der Waals surface area contributed by atoms with Crippen LogP contribution in [-0.2, 0) is 9.53 Å². The fourth-order valence-corrected chi connectivity index (χ4v) is 2.15. The van der Waals surface area contributed by atoms with Crippen molar-refractivity contribution in [2.45, 2.75) is 31.8 Å². The van der Waals surface area contributed by atoms with Gasteiger partial charge in [-0.3, -0.25) is 4.79 Å². The Morgan fingerprint density at radius 1 is 1.69 bits per heavy atom. The minimum atomic E-state index is -0.189. The van der Waals surface area contributed by atoms with Crippen molar-refractivity contribution in [3.05, 3.63) is 0 Å². The first kappa shape index (κ1) is 8.97. The van der Waals surface area contributed by atoms with Crippen LogP contribution < -0.4 is 5.32 Å². The molecule has 4 nitrogen and oxygen atoms in total. The number of aliphatic hydroxyl groups is 1. The molecule has 4 heteroatoms. The topological polar surface area (TPSA) is 58.6 Å². The van der Waals surface area contributed by atoms with Crippen LogP contribution in [0.15, 0.2) is 0 Å². The lowest BCUT2D eigenvalue weighted by molar-refractivity contribution is -0.145. The smallest absolute Gasteiger partial charge is 0.323 e. The van der Waals surface area contributed by atoms with Crippen LogP contribution >= 0.6 is 0 Å². The SMILES string of the molecule is CCOC(=O)C1CC2(CO)CC2N1. The van der Waals surface area contributed by atoms with Gasteiger partial charge in [0.25, 0.3) is 0 Å². The summed E-state index contributed by atoms with van der Waals surface area (Å²) in [7, 11) is 0. The fourth-order valence-electron chi connectivity index (χ4n) is 2.15. The molecule has 74 valence electrons. The Balaban J connectivity index is 1.89. The molecule has 0 bridgehead atoms. The van der Waals surface area contributed by atoms with E-state index in [1.54, 1.807) is 6.92 Å². The first-order valence-electron chi connectivity index (χ1n) is 4.75. The van der Waals surface area contributed by atoms with E-state index in [0.717, 1.165) is 12.8 Å². The van der Waals surface area contributed by atoms with Crippen LogP contribution in [0.25, 0.3) is 0 Å². The van der Waals surface area contributed by atoms with Crippen molar-refractivity contribution in [2.24, 2.45) is 5.41 Å². The molecule has 0 radical (unpaired) electrons. The van der Waals surface area contributed by atoms with Gasteiger partial charge >= 0.3 is 5.97 Å². The third-order valence-electron chi connectivity index (χ3n) is 3.09. The second-order valence-electron chi connectivity index (χ2n) is 3.95. The zero-order valence-electron chi connectivity index (χ0n) is 7.75. The summed E-state index contributed by atoms with van der Waals surface area (Å²) in [6.45, 7) is 2.41. The van der Waals surface area contributed by atoms with Crippen LogP contribution in [0.4, 0.5) is 0 Å². The molecular weight excluding hydrogens is 170 g/mol. The summed E-state index contributed by atoms with van der Waals surface area (Å²) in [5, 5.41) is 12.3. The summed E-state index contributed by atoms with van der Waals surface area (Å²) < 4.78 is 4.90. The molecule has 0 amide bonds. The van der Waals surface area contributed by atoms with Crippen molar-refractivity contribution in [1.29, 1.82) is 0 Å². The van der Waals surface area contributed by atoms with Crippen molar-refractivity contribution < 1.29 is 14.6 Å². The van der Waals surface area contributed by atoms with Gasteiger partial charge in [-0.05, 0) is 19.8 Å². The van der Waals surface area contributed by atoms with Crippen LogP contribution in [0.2, 0.25) is 0 Å². The number of carbonyl (C=O) groups is 1. The molecule has 0 aromatic carbocycles. The zero-order chi connectivity index (χ0) is 9.47. The van der Waals surface area contributed by atoms with E-state index in [1.165, 1.54) is 0 Å². The van der Waals surface area contributed by atoms with E-state index < -0.39 is 0 Å². The molecule has 3 unspecified atom stereocenters. The van der Waals surface area contributed by atoms with Crippen LogP contribution in [-0.4, -0.2) is 36.4 Å². The summed E-state index contributed by atoms with van der Waals surface area (Å²) in [5.74, 6) is -0.178. The maximum atomic E-state index is 11.3. The van der Waals surface area contributed by atoms with Gasteiger partial charge in [-0.1, -0.05) is 0 Å². The van der Waals surface area contributed by atoms with Gasteiger partial charge < -0.3 is 15.2 Å². The number of aliphatic hydroxyl groups excluding tert-OH is 1. The largest absolute Gasteiger partial charge is 0.465 e. The molecule has 0 aromatic heterocycles. The molecule has 2 rings (SSSR count). The zero-order valence-corrected chi connectivity index (χ0v) is 7.75. The molecule has 1 aliphatic carbocycles. The highest BCUT2D eigenvalue weighted by Crippen LogP contribution is 2.54. The van der Waals surface area contributed by atoms with Gasteiger partial charge in [-0.25, -0.2) is 0 Å². The van der Waals surface area contributed by atoms with Gasteiger partial charge in [0.15, 0.2) is 0 Å². The molecule has 2 fully saturated rings. The number of hydrogen-bond donors (Lipinski definition) is 2. The molecule has 13 heavy (non-hydrogen) atoms. The van der Waals surface area contributed by atoms with E-state index in [9.17, 15) is 4.79 Å². The highest BCUT2D eigenvalue weighted by molar-refractivity contribution is 5.77. The highest BCUT2D eigenvalue weighted by atomic mass is 16.5. The van der Waals surface area contributed by atoms with Gasteiger partial charge in [0, 0.05) is 11.5 Å². The summed E-state index contributed by atoms with van der Waals surface area (Å²) in [5.41, 5.74) is -0.00255. The van der Waals surface area contributed by atoms with E-state index in [0.29, 0.717) is 12.6 Å². The summed E-state index contributed by atoms with van der Waals surface area (Å²) in [6.07, 6.45) is 1.73. The van der Waals surface area contributed by atoms with Gasteiger partial charge in [-0.15, -0.1) is 0 Å². The number of esters is 1. The monoisotopic (exact) mass is 185 g/mol. The van der Waals surface area contributed by atoms with Crippen molar-refractivity contribution in [1.82, 2.24) is 5.32 Å². The van der Waals surface area contributed by atoms with E-state index in [2.05, 4.69) is 5.32 Å². The molecule has 1 aliphatic heterocycles. The summed E-state index contributed by atoms with van der Waals surface area (Å²) >= 11 is 0. The minimum Gasteiger partial charge on any atom is -0.465 e. The maximum Gasteiger partial charge on any atom is 0.323 e. The van der Waals surface area contributed by atoms with E-state index in [1.807, 2.05) is 0 Å². The van der Waals surface area contributed by atoms with E-state index in [4.69, 9.17) is 9.84 Å². The minimum absolute atomic E-state index is 0.00255. The van der Waals surface area contributed by atoms with Crippen LogP contribution in [0.5, 0.6) is 0 Å². The normalized spacial score (nSPS) is 41.4. The number of carbonyl (C=O) groups excluding carboxylic acids is 1. The van der Waals surface area contributed by atoms with Gasteiger partial charge in [0.05, 0.1) is 13.2 Å². The quantitative estimate of drug-likeness (QED) is 0.591. The Morgan fingerprint density at radius 3 is 3.00 bits per heavy atom. The summed E-state index contributed by atoms with van der Waals surface area (Å²) in [6, 6.07) is 0.151. The van der Waals surface area contributed by atoms with E-state index >= 15 is 0 Å². The maximum absolute atomic E-state index is 11.3. The third-order valence-corrected chi connectivity index (χ3v) is 3.09. The number of piperidine rings is 1. The standard InChI is InChI=1S/C9H15NO3/c1-2-13-8(12)6-3-9(5-11)4-7(9)10-6/h6-7,10-11H,2-5H2,1H3. The molecule has 0 spiro atoms. The molecule has 1 saturated heterocycles. The number of rotatable bonds is 3. The number of ether oxygens (including phenoxy) is 1. The second-order valence-corrected chi connectivity index (χ2v) is 3.95. The van der Waals surface area contributed by atoms with E-state index in [-0.39, 0.29) is 24.0 Å². The number of nitrogens with one attached hydrogen (secondary N) is 1. The molecule has 1 heterocycles. The summed E-state index contributed by atoms with van der Waals surface area (Å²) in [4.78, 5) is 11.3. The molecule has 1 saturated carbocycles. The molecule has 2 aliphatic rings. The van der Waals surface area contributed by atoms with Crippen molar-refractivity contribution >= 4 is 5.97 Å². The van der Waals surface area contributed by atoms with Crippen LogP contribution in [0.3, 0.4) is 0 Å². The predicted octanol–water partition coefficient (Wildman–Crippen LogP) is -0.338. The highest BCUT2D eigenvalue weighted by Gasteiger charge is 2.61. The Labute approximate surface area is 77.3 Å². The second kappa shape index (κ2) is 2.96. The average Bonchev–Trinajstić information content (AvgIpc) is 2.70. The van der Waals surface area contributed by atoms with Crippen molar-refractivity contribution in [2.75, 3.05) is 13.2 Å². The van der Waals surface area contributed by atoms with Crippen molar-refractivity contribution in [3.8, 4) is 0 Å². The Bertz CT molecular complexity index is 227. The molecule has 3 atom stereocenters. The Kier molecular flexibility index (Phi) is 2.04. The fraction of sp³-hybridized carbons (Fsp3) is 0.889. The van der Waals surface area contributed by atoms with Gasteiger partial charge in [0.1, 0.15) is 6.04 Å². The van der Waals surface area contributed by atoms with Crippen molar-refractivity contribution in [3.63, 3.8) is 0 Å². The first-order valence-corrected chi connectivity index (χ1v) is 4.75. The number of hydrogen-bond acceptors (Lipinski definition) is 4. The first-order chi connectivity index (χ1) is 6.22. The van der Waals surface area contributed by atoms with Gasteiger partial charge in [-0.2, -0.15) is 0 Å². The molecular formula is C9H15NO3. The lowest BCUT2D eigenvalue weighted by Crippen LogP contribution is -2.35. The van der Waals surface area contributed by atoms with Crippen LogP contribution in [0.1, 0.15) is 19.8 Å². The lowest BCUT2D eigenvalue weighted by atomic mass is 10.0.